The third kappa shape index (κ3) is 0.748. The minimum atomic E-state index is 1.25. The highest BCUT2D eigenvalue weighted by Crippen LogP contribution is 2.36. The molecule has 2 aliphatic carbocycles. The maximum absolute atomic E-state index is 2.29. The Morgan fingerprint density at radius 2 is 1.78 bits per heavy atom. The molecule has 2 rings (SSSR count). The molecule has 0 nitrogen and oxygen atoms in total. The molecule has 0 radical (unpaired) electrons. The van der Waals surface area contributed by atoms with Crippen molar-refractivity contribution in [1.82, 2.24) is 0 Å². The average Bonchev–Trinajstić information content (AvgIpc) is 2.42. The fraction of sp³-hybridized carbons (Fsp3) is 0.333. The van der Waals surface area contributed by atoms with Crippen molar-refractivity contribution in [2.45, 2.75) is 19.8 Å². The second-order valence-electron chi connectivity index (χ2n) is 2.67. The average molecular weight is 118 g/mol. The summed E-state index contributed by atoms with van der Waals surface area (Å²) in [7, 11) is 0. The summed E-state index contributed by atoms with van der Waals surface area (Å²) in [6, 6.07) is 6.80. The summed E-state index contributed by atoms with van der Waals surface area (Å²) in [5, 5.41) is 0. The summed E-state index contributed by atoms with van der Waals surface area (Å²) in [6.45, 7) is 2.22. The molecule has 0 unspecified atom stereocenters. The predicted molar refractivity (Wildman–Crippen MR) is 39.4 cm³/mol. The van der Waals surface area contributed by atoms with Gasteiger partial charge in [0.05, 0.1) is 0 Å². The van der Waals surface area contributed by atoms with Crippen LogP contribution >= 0.6 is 0 Å². The smallest absolute Gasteiger partial charge is 0.0175 e. The van der Waals surface area contributed by atoms with Crippen LogP contribution in [0.5, 0.6) is 0 Å². The van der Waals surface area contributed by atoms with Crippen LogP contribution in [0, 0.1) is 0 Å². The lowest BCUT2D eigenvalue weighted by Crippen LogP contribution is -1.74. The lowest BCUT2D eigenvalue weighted by atomic mass is 10.2. The molecule has 0 aromatic rings. The van der Waals surface area contributed by atoms with Crippen LogP contribution in [0.1, 0.15) is 18.9 Å². The van der Waals surface area contributed by atoms with Gasteiger partial charge in [-0.3, -0.25) is 0 Å². The highest BCUT2D eigenvalue weighted by atomic mass is 14.2. The highest BCUT2D eigenvalue weighted by molar-refractivity contribution is 5.82. The Balaban J connectivity index is 2.18. The van der Waals surface area contributed by atoms with Gasteiger partial charge in [-0.15, -0.1) is 0 Å². The first-order chi connectivity index (χ1) is 4.40. The Kier molecular flexibility index (Phi) is 0.895. The van der Waals surface area contributed by atoms with E-state index in [2.05, 4.69) is 25.1 Å². The number of aryl methyl sites for hydroxylation is 1. The number of benzene rings is 1. The van der Waals surface area contributed by atoms with Gasteiger partial charge in [-0.25, -0.2) is 0 Å². The Morgan fingerprint density at radius 1 is 1.11 bits per heavy atom. The molecule has 0 heteroatoms. The van der Waals surface area contributed by atoms with Gasteiger partial charge in [0, 0.05) is 0 Å². The van der Waals surface area contributed by atoms with Crippen molar-refractivity contribution in [3.8, 4) is 11.1 Å². The van der Waals surface area contributed by atoms with Gasteiger partial charge >= 0.3 is 0 Å². The van der Waals surface area contributed by atoms with Crippen molar-refractivity contribution in [3.63, 3.8) is 0 Å². The zero-order valence-corrected chi connectivity index (χ0v) is 5.65. The van der Waals surface area contributed by atoms with Crippen LogP contribution in [0.15, 0.2) is 18.2 Å². The minimum absolute atomic E-state index is 1.25. The second kappa shape index (κ2) is 1.60. The molecule has 0 spiro atoms. The standard InChI is InChI=1S/C9H10/c1-2-3-7-4-8-6-9(8)5-7/h4-6H,2-3H2,1H3. The zero-order valence-electron chi connectivity index (χ0n) is 5.65. The fourth-order valence-electron chi connectivity index (χ4n) is 1.26. The van der Waals surface area contributed by atoms with Crippen LogP contribution in [0.3, 0.4) is 0 Å². The van der Waals surface area contributed by atoms with Crippen LogP contribution in [0.25, 0.3) is 11.1 Å². The molecule has 0 fully saturated rings. The van der Waals surface area contributed by atoms with Gasteiger partial charge in [0.2, 0.25) is 0 Å². The summed E-state index contributed by atoms with van der Waals surface area (Å²) >= 11 is 0. The molecule has 0 atom stereocenters. The summed E-state index contributed by atoms with van der Waals surface area (Å²) in [5.41, 5.74) is 4.46. The highest BCUT2D eigenvalue weighted by Gasteiger charge is 2.12. The van der Waals surface area contributed by atoms with E-state index in [1.807, 2.05) is 0 Å². The van der Waals surface area contributed by atoms with Crippen molar-refractivity contribution < 1.29 is 0 Å². The number of fused-ring (bicyclic) bond motifs is 1. The molecular weight excluding hydrogens is 108 g/mol. The van der Waals surface area contributed by atoms with Gasteiger partial charge in [-0.05, 0) is 29.2 Å². The monoisotopic (exact) mass is 118 g/mol. The molecule has 0 heterocycles. The Labute approximate surface area is 55.5 Å². The Morgan fingerprint density at radius 3 is 2.33 bits per heavy atom. The molecule has 0 aromatic heterocycles. The lowest BCUT2D eigenvalue weighted by molar-refractivity contribution is 0.926. The van der Waals surface area contributed by atoms with Crippen LogP contribution in [0.2, 0.25) is 0 Å². The van der Waals surface area contributed by atoms with E-state index < -0.39 is 0 Å². The molecule has 0 aliphatic heterocycles. The van der Waals surface area contributed by atoms with Crippen molar-refractivity contribution >= 4 is 0 Å². The van der Waals surface area contributed by atoms with Gasteiger partial charge in [-0.1, -0.05) is 25.5 Å². The van der Waals surface area contributed by atoms with E-state index in [9.17, 15) is 0 Å². The van der Waals surface area contributed by atoms with Crippen molar-refractivity contribution in [2.75, 3.05) is 0 Å². The third-order valence-electron chi connectivity index (χ3n) is 1.78. The molecule has 0 saturated heterocycles. The van der Waals surface area contributed by atoms with E-state index in [1.54, 1.807) is 0 Å². The third-order valence-corrected chi connectivity index (χ3v) is 1.78. The van der Waals surface area contributed by atoms with Gasteiger partial charge < -0.3 is 0 Å². The molecule has 0 aromatic carbocycles. The van der Waals surface area contributed by atoms with E-state index in [0.29, 0.717) is 0 Å². The van der Waals surface area contributed by atoms with E-state index in [1.165, 1.54) is 29.5 Å². The van der Waals surface area contributed by atoms with E-state index in [-0.39, 0.29) is 0 Å². The van der Waals surface area contributed by atoms with Gasteiger partial charge in [0.1, 0.15) is 0 Å². The summed E-state index contributed by atoms with van der Waals surface area (Å²) in [6.07, 6.45) is 2.52. The second-order valence-corrected chi connectivity index (χ2v) is 2.67. The van der Waals surface area contributed by atoms with Gasteiger partial charge in [0.15, 0.2) is 0 Å². The minimum Gasteiger partial charge on any atom is -0.0651 e. The van der Waals surface area contributed by atoms with Crippen LogP contribution < -0.4 is 0 Å². The van der Waals surface area contributed by atoms with Gasteiger partial charge in [-0.2, -0.15) is 0 Å². The Bertz CT molecular complexity index is 216. The number of rotatable bonds is 2. The van der Waals surface area contributed by atoms with E-state index in [4.69, 9.17) is 0 Å². The van der Waals surface area contributed by atoms with Gasteiger partial charge in [0.25, 0.3) is 0 Å². The van der Waals surface area contributed by atoms with Crippen molar-refractivity contribution in [2.24, 2.45) is 0 Å². The quantitative estimate of drug-likeness (QED) is 0.568. The van der Waals surface area contributed by atoms with Crippen LogP contribution in [-0.2, 0) is 6.42 Å². The molecule has 0 saturated carbocycles. The molecule has 9 heavy (non-hydrogen) atoms. The van der Waals surface area contributed by atoms with Crippen LogP contribution in [-0.4, -0.2) is 0 Å². The van der Waals surface area contributed by atoms with Crippen LogP contribution in [0.4, 0.5) is 0 Å². The summed E-state index contributed by atoms with van der Waals surface area (Å²) in [4.78, 5) is 0. The number of hydrogen-bond acceptors (Lipinski definition) is 0. The molecular formula is C9H10. The first-order valence-corrected chi connectivity index (χ1v) is 3.54. The van der Waals surface area contributed by atoms with Crippen molar-refractivity contribution in [3.05, 3.63) is 23.8 Å². The summed E-state index contributed by atoms with van der Waals surface area (Å²) in [5.74, 6) is 0. The summed E-state index contributed by atoms with van der Waals surface area (Å²) < 4.78 is 0. The largest absolute Gasteiger partial charge is 0.0651 e. The molecule has 0 amide bonds. The topological polar surface area (TPSA) is 0 Å². The van der Waals surface area contributed by atoms with Crippen molar-refractivity contribution in [1.29, 1.82) is 0 Å². The maximum atomic E-state index is 2.29. The first kappa shape index (κ1) is 5.04. The Hall–Kier alpha value is -0.780. The molecule has 2 aliphatic rings. The fourth-order valence-corrected chi connectivity index (χ4v) is 1.26. The van der Waals surface area contributed by atoms with E-state index in [0.717, 1.165) is 0 Å². The molecule has 0 N–H and O–H groups in total. The molecule has 0 bridgehead atoms. The normalized spacial score (nSPS) is 11.7. The predicted octanol–water partition coefficient (Wildman–Crippen LogP) is 2.62. The first-order valence-electron chi connectivity index (χ1n) is 3.54. The zero-order chi connectivity index (χ0) is 6.27. The lowest BCUT2D eigenvalue weighted by Gasteiger charge is -1.87. The SMILES string of the molecule is CCCc1cc2cc-2c1. The number of hydrogen-bond donors (Lipinski definition) is 0. The maximum Gasteiger partial charge on any atom is -0.0175 e. The van der Waals surface area contributed by atoms with E-state index >= 15 is 0 Å². The molecule has 46 valence electrons.